The molecule has 7 heteroatoms. The highest BCUT2D eigenvalue weighted by Gasteiger charge is 2.09. The quantitative estimate of drug-likeness (QED) is 0.395. The molecule has 0 aromatic heterocycles. The Morgan fingerprint density at radius 2 is 1.79 bits per heavy atom. The van der Waals surface area contributed by atoms with Crippen molar-refractivity contribution in [3.8, 4) is 5.75 Å². The number of guanidine groups is 1. The van der Waals surface area contributed by atoms with Gasteiger partial charge in [0.1, 0.15) is 12.3 Å². The summed E-state index contributed by atoms with van der Waals surface area (Å²) in [6.45, 7) is 6.24. The van der Waals surface area contributed by atoms with Crippen LogP contribution in [0.4, 0.5) is 0 Å². The summed E-state index contributed by atoms with van der Waals surface area (Å²) in [5.41, 5.74) is 1.15. The zero-order valence-electron chi connectivity index (χ0n) is 15.2. The van der Waals surface area contributed by atoms with E-state index in [2.05, 4.69) is 10.3 Å². The number of carbonyl (C=O) groups excluding carboxylic acids is 1. The van der Waals surface area contributed by atoms with Gasteiger partial charge in [-0.3, -0.25) is 4.79 Å². The van der Waals surface area contributed by atoms with E-state index in [1.165, 1.54) is 0 Å². The molecule has 1 N–H and O–H groups in total. The number of halogens is 1. The first-order chi connectivity index (χ1) is 11.0. The molecule has 0 spiro atoms. The Balaban J connectivity index is 0.00000529. The summed E-state index contributed by atoms with van der Waals surface area (Å²) >= 11 is 0. The van der Waals surface area contributed by atoms with Crippen LogP contribution in [0.3, 0.4) is 0 Å². The highest BCUT2D eigenvalue weighted by molar-refractivity contribution is 14.0. The van der Waals surface area contributed by atoms with E-state index in [1.807, 2.05) is 50.1 Å². The van der Waals surface area contributed by atoms with Gasteiger partial charge in [-0.1, -0.05) is 12.1 Å². The summed E-state index contributed by atoms with van der Waals surface area (Å²) in [5, 5.41) is 3.21. The van der Waals surface area contributed by atoms with Gasteiger partial charge in [-0.2, -0.15) is 0 Å². The number of rotatable bonds is 7. The van der Waals surface area contributed by atoms with E-state index in [0.717, 1.165) is 23.8 Å². The molecule has 0 aliphatic heterocycles. The molecule has 0 bridgehead atoms. The van der Waals surface area contributed by atoms with Gasteiger partial charge in [0.05, 0.1) is 6.61 Å². The molecule has 0 aliphatic carbocycles. The molecule has 0 heterocycles. The number of nitrogens with one attached hydrogen (secondary N) is 1. The van der Waals surface area contributed by atoms with E-state index in [9.17, 15) is 4.79 Å². The number of nitrogens with zero attached hydrogens (tertiary/aromatic N) is 3. The lowest BCUT2D eigenvalue weighted by Crippen LogP contribution is -2.39. The third kappa shape index (κ3) is 7.85. The number of amides is 1. The van der Waals surface area contributed by atoms with Crippen LogP contribution < -0.4 is 10.1 Å². The van der Waals surface area contributed by atoms with Gasteiger partial charge < -0.3 is 19.9 Å². The highest BCUT2D eigenvalue weighted by Crippen LogP contribution is 2.13. The van der Waals surface area contributed by atoms with Crippen molar-refractivity contribution in [1.82, 2.24) is 15.1 Å². The second-order valence-electron chi connectivity index (χ2n) is 5.39. The number of hydrogen-bond donors (Lipinski definition) is 1. The zero-order valence-corrected chi connectivity index (χ0v) is 17.5. The predicted molar refractivity (Wildman–Crippen MR) is 109 cm³/mol. The summed E-state index contributed by atoms with van der Waals surface area (Å²) in [6, 6.07) is 8.00. The van der Waals surface area contributed by atoms with Crippen molar-refractivity contribution < 1.29 is 9.53 Å². The lowest BCUT2D eigenvalue weighted by molar-refractivity contribution is -0.127. The average molecular weight is 448 g/mol. The molecule has 1 rings (SSSR count). The molecule has 0 fully saturated rings. The SMILES string of the molecule is CCNC(=NCC(=O)N(C)C)N(C)Cc1ccc(OCC)cc1.I. The maximum atomic E-state index is 11.7. The van der Waals surface area contributed by atoms with Gasteiger partial charge in [0.25, 0.3) is 0 Å². The second kappa shape index (κ2) is 11.9. The van der Waals surface area contributed by atoms with Gasteiger partial charge in [-0.25, -0.2) is 4.99 Å². The van der Waals surface area contributed by atoms with Gasteiger partial charge in [0, 0.05) is 34.2 Å². The maximum absolute atomic E-state index is 11.7. The minimum Gasteiger partial charge on any atom is -0.494 e. The first-order valence-electron chi connectivity index (χ1n) is 7.89. The molecular weight excluding hydrogens is 419 g/mol. The molecule has 0 radical (unpaired) electrons. The summed E-state index contributed by atoms with van der Waals surface area (Å²) in [6.07, 6.45) is 0. The normalized spacial score (nSPS) is 10.6. The van der Waals surface area contributed by atoms with Crippen molar-refractivity contribution in [1.29, 1.82) is 0 Å². The topological polar surface area (TPSA) is 57.2 Å². The first-order valence-corrected chi connectivity index (χ1v) is 7.89. The molecule has 0 aliphatic rings. The van der Waals surface area contributed by atoms with E-state index in [4.69, 9.17) is 4.74 Å². The van der Waals surface area contributed by atoms with Gasteiger partial charge in [0.15, 0.2) is 5.96 Å². The van der Waals surface area contributed by atoms with E-state index < -0.39 is 0 Å². The largest absolute Gasteiger partial charge is 0.494 e. The number of likely N-dealkylation sites (N-methyl/N-ethyl adjacent to an activating group) is 1. The molecule has 0 atom stereocenters. The molecule has 24 heavy (non-hydrogen) atoms. The van der Waals surface area contributed by atoms with Gasteiger partial charge in [-0.15, -0.1) is 24.0 Å². The third-order valence-corrected chi connectivity index (χ3v) is 3.21. The highest BCUT2D eigenvalue weighted by atomic mass is 127. The van der Waals surface area contributed by atoms with Crippen LogP contribution in [0.2, 0.25) is 0 Å². The van der Waals surface area contributed by atoms with Crippen LogP contribution >= 0.6 is 24.0 Å². The van der Waals surface area contributed by atoms with Crippen LogP contribution in [-0.2, 0) is 11.3 Å². The van der Waals surface area contributed by atoms with Crippen molar-refractivity contribution in [3.05, 3.63) is 29.8 Å². The van der Waals surface area contributed by atoms with Crippen LogP contribution in [-0.4, -0.2) is 62.5 Å². The van der Waals surface area contributed by atoms with E-state index >= 15 is 0 Å². The Kier molecular flexibility index (Phi) is 11.2. The minimum absolute atomic E-state index is 0. The van der Waals surface area contributed by atoms with Gasteiger partial charge in [0.2, 0.25) is 5.91 Å². The fourth-order valence-corrected chi connectivity index (χ4v) is 1.96. The average Bonchev–Trinajstić information content (AvgIpc) is 2.53. The molecule has 0 saturated heterocycles. The lowest BCUT2D eigenvalue weighted by atomic mass is 10.2. The molecule has 6 nitrogen and oxygen atoms in total. The molecule has 1 amide bonds. The maximum Gasteiger partial charge on any atom is 0.243 e. The number of benzene rings is 1. The smallest absolute Gasteiger partial charge is 0.243 e. The molecule has 0 saturated carbocycles. The lowest BCUT2D eigenvalue weighted by Gasteiger charge is -2.22. The van der Waals surface area contributed by atoms with Crippen LogP contribution in [0.25, 0.3) is 0 Å². The molecule has 136 valence electrons. The Labute approximate surface area is 162 Å². The number of ether oxygens (including phenoxy) is 1. The van der Waals surface area contributed by atoms with Crippen molar-refractivity contribution in [2.24, 2.45) is 4.99 Å². The Bertz CT molecular complexity index is 518. The van der Waals surface area contributed by atoms with Gasteiger partial charge in [-0.05, 0) is 31.5 Å². The van der Waals surface area contributed by atoms with Crippen molar-refractivity contribution in [2.45, 2.75) is 20.4 Å². The van der Waals surface area contributed by atoms with E-state index in [1.54, 1.807) is 19.0 Å². The van der Waals surface area contributed by atoms with E-state index in [-0.39, 0.29) is 36.4 Å². The van der Waals surface area contributed by atoms with E-state index in [0.29, 0.717) is 13.2 Å². The predicted octanol–water partition coefficient (Wildman–Crippen LogP) is 2.19. The fourth-order valence-electron chi connectivity index (χ4n) is 1.96. The third-order valence-electron chi connectivity index (χ3n) is 3.21. The standard InChI is InChI=1S/C17H28N4O2.HI/c1-6-18-17(19-12-16(22)20(3)4)21(5)13-14-8-10-15(11-9-14)23-7-2;/h8-11H,6-7,12-13H2,1-5H3,(H,18,19);1H. The fraction of sp³-hybridized carbons (Fsp3) is 0.529. The summed E-state index contributed by atoms with van der Waals surface area (Å²) in [7, 11) is 5.42. The summed E-state index contributed by atoms with van der Waals surface area (Å²) in [5.74, 6) is 1.57. The van der Waals surface area contributed by atoms with Crippen molar-refractivity contribution in [2.75, 3.05) is 40.8 Å². The zero-order chi connectivity index (χ0) is 17.2. The molecule has 1 aromatic carbocycles. The number of carbonyl (C=O) groups is 1. The monoisotopic (exact) mass is 448 g/mol. The first kappa shape index (κ1) is 22.5. The van der Waals surface area contributed by atoms with Crippen LogP contribution in [0.1, 0.15) is 19.4 Å². The second-order valence-corrected chi connectivity index (χ2v) is 5.39. The van der Waals surface area contributed by atoms with Gasteiger partial charge >= 0.3 is 0 Å². The number of hydrogen-bond acceptors (Lipinski definition) is 3. The number of aliphatic imine (C=N–C) groups is 1. The molecular formula is C17H29IN4O2. The Hall–Kier alpha value is -1.51. The molecule has 1 aromatic rings. The van der Waals surface area contributed by atoms with Crippen molar-refractivity contribution >= 4 is 35.8 Å². The summed E-state index contributed by atoms with van der Waals surface area (Å²) < 4.78 is 5.45. The summed E-state index contributed by atoms with van der Waals surface area (Å²) in [4.78, 5) is 19.6. The van der Waals surface area contributed by atoms with Crippen LogP contribution in [0.5, 0.6) is 5.75 Å². The molecule has 0 unspecified atom stereocenters. The minimum atomic E-state index is -0.0186. The van der Waals surface area contributed by atoms with Crippen LogP contribution in [0, 0.1) is 0 Å². The Morgan fingerprint density at radius 1 is 1.17 bits per heavy atom. The Morgan fingerprint density at radius 3 is 2.29 bits per heavy atom. The van der Waals surface area contributed by atoms with Crippen molar-refractivity contribution in [3.63, 3.8) is 0 Å². The van der Waals surface area contributed by atoms with Crippen LogP contribution in [0.15, 0.2) is 29.3 Å².